The first-order valence-corrected chi connectivity index (χ1v) is 25.7. The van der Waals surface area contributed by atoms with Crippen molar-refractivity contribution in [1.29, 1.82) is 0 Å². The Morgan fingerprint density at radius 3 is 0.914 bits per heavy atom. The number of pyridine rings is 4. The maximum Gasteiger partial charge on any atom is 0.270 e. The fourth-order valence-corrected chi connectivity index (χ4v) is 7.87. The molecule has 4 aromatic heterocycles. The first-order valence-electron chi connectivity index (χ1n) is 25.7. The summed E-state index contributed by atoms with van der Waals surface area (Å²) in [7, 11) is 0. The Kier molecular flexibility index (Phi) is 25.8. The number of amides is 4. The Balaban J connectivity index is 1.48. The van der Waals surface area contributed by atoms with Crippen LogP contribution in [0.3, 0.4) is 0 Å². The number of aromatic nitrogens is 4. The van der Waals surface area contributed by atoms with Crippen molar-refractivity contribution >= 4 is 70.6 Å². The minimum absolute atomic E-state index is 0.0401. The summed E-state index contributed by atoms with van der Waals surface area (Å²) in [6, 6.07) is 13.7. The molecule has 0 saturated carbocycles. The van der Waals surface area contributed by atoms with Gasteiger partial charge < -0.3 is 73.3 Å². The second-order valence-electron chi connectivity index (χ2n) is 18.5. The van der Waals surface area contributed by atoms with Gasteiger partial charge in [-0.25, -0.2) is 19.9 Å². The molecule has 0 spiro atoms. The summed E-state index contributed by atoms with van der Waals surface area (Å²) < 4.78 is 0. The molecule has 4 heterocycles. The van der Waals surface area contributed by atoms with Crippen LogP contribution in [-0.4, -0.2) is 141 Å². The number of guanidine groups is 4. The van der Waals surface area contributed by atoms with Crippen molar-refractivity contribution in [2.24, 2.45) is 77.3 Å². The number of nitrogens with zero attached hydrogens (tertiary/aromatic N) is 8. The van der Waals surface area contributed by atoms with E-state index in [1.54, 1.807) is 12.1 Å². The molecule has 432 valence electrons. The molecule has 0 aliphatic carbocycles. The molecule has 29 heteroatoms. The van der Waals surface area contributed by atoms with Crippen LogP contribution in [0.15, 0.2) is 92.8 Å². The summed E-state index contributed by atoms with van der Waals surface area (Å²) in [6.07, 6.45) is 0.782. The maximum atomic E-state index is 14.1. The summed E-state index contributed by atoms with van der Waals surface area (Å²) >= 11 is 0. The number of hydrogen-bond acceptors (Lipinski definition) is 17. The molecule has 0 fully saturated rings. The van der Waals surface area contributed by atoms with Gasteiger partial charge in [0.2, 0.25) is 0 Å². The Morgan fingerprint density at radius 1 is 0.370 bits per heavy atom. The van der Waals surface area contributed by atoms with E-state index in [4.69, 9.17) is 57.3 Å². The zero-order valence-electron chi connectivity index (χ0n) is 44.7. The van der Waals surface area contributed by atoms with Gasteiger partial charge in [0.1, 0.15) is 22.8 Å². The highest BCUT2D eigenvalue weighted by Crippen LogP contribution is 2.14. The molecule has 0 aromatic carbocycles. The lowest BCUT2D eigenvalue weighted by Gasteiger charge is -2.19. The third kappa shape index (κ3) is 23.4. The minimum atomic E-state index is -1.15. The molecule has 4 atom stereocenters. The van der Waals surface area contributed by atoms with E-state index in [1.165, 1.54) is 60.7 Å². The first kappa shape index (κ1) is 63.7. The van der Waals surface area contributed by atoms with E-state index in [0.717, 1.165) is 0 Å². The van der Waals surface area contributed by atoms with Gasteiger partial charge in [0.15, 0.2) is 47.0 Å². The molecule has 4 amide bonds. The topological polar surface area (TPSA) is 534 Å². The van der Waals surface area contributed by atoms with E-state index < -0.39 is 65.1 Å². The van der Waals surface area contributed by atoms with E-state index in [9.17, 15) is 38.4 Å². The fraction of sp³-hybridized carbons (Fsp3) is 0.385. The molecule has 0 aliphatic heterocycles. The van der Waals surface area contributed by atoms with E-state index >= 15 is 0 Å². The van der Waals surface area contributed by atoms with Crippen LogP contribution in [0.2, 0.25) is 0 Å². The number of nitrogens with two attached hydrogens (primary N) is 10. The molecule has 29 nitrogen and oxygen atoms in total. The second kappa shape index (κ2) is 32.8. The lowest BCUT2D eigenvalue weighted by atomic mass is 10.0. The number of nitrogens with one attached hydrogen (secondary N) is 3. The van der Waals surface area contributed by atoms with Gasteiger partial charge in [-0.1, -0.05) is 24.3 Å². The molecule has 0 unspecified atom stereocenters. The molecule has 4 rings (SSSR count). The van der Waals surface area contributed by atoms with Gasteiger partial charge in [-0.15, -0.1) is 0 Å². The smallest absolute Gasteiger partial charge is 0.270 e. The van der Waals surface area contributed by atoms with Crippen LogP contribution in [0.4, 0.5) is 0 Å². The molecule has 0 saturated heterocycles. The van der Waals surface area contributed by atoms with Crippen molar-refractivity contribution < 1.29 is 38.4 Å². The standard InChI is InChI=1S/C52H71N21O8/c53-33(13-5-21-63-49(55)56)41(74)25-29-10-2-15-38(68-29)46(79)72-35(19-7-23-65-51(59)60)43(76)27-31-12-4-17-40(70-31)48(81)73-36(20-8-24-66-52(61)62)44(77)28-32-11-3-16-39(69-32)47(80)71-34(18-6-22-64-50(57)58)42(75)26-30-9-1-14-37(67-30)45(54)78/h1-4,9-12,14-17,33-36H,5-8,13,18-28,53H2,(H2,54,78)(H,71,80)(H,72,79)(H,73,81)(H4,55,56,63)(H4,57,58,64)(H4,59,60,65)(H4,61,62,66)/t33-,34-,35-,36-/m1/s1. The monoisotopic (exact) mass is 1120 g/mol. The summed E-state index contributed by atoms with van der Waals surface area (Å²) in [4.78, 5) is 141. The Labute approximate surface area is 466 Å². The van der Waals surface area contributed by atoms with Crippen molar-refractivity contribution in [2.75, 3.05) is 26.2 Å². The van der Waals surface area contributed by atoms with Crippen molar-refractivity contribution in [2.45, 2.75) is 101 Å². The largest absolute Gasteiger partial charge is 0.370 e. The Morgan fingerprint density at radius 2 is 0.630 bits per heavy atom. The number of carbonyl (C=O) groups excluding carboxylic acids is 8. The predicted molar refractivity (Wildman–Crippen MR) is 302 cm³/mol. The number of ketones is 4. The normalized spacial score (nSPS) is 12.2. The van der Waals surface area contributed by atoms with Gasteiger partial charge in [-0.05, 0) is 99.9 Å². The summed E-state index contributed by atoms with van der Waals surface area (Å²) in [5, 5.41) is 8.15. The van der Waals surface area contributed by atoms with Gasteiger partial charge in [0.25, 0.3) is 23.6 Å². The maximum absolute atomic E-state index is 14.1. The fourth-order valence-electron chi connectivity index (χ4n) is 7.87. The van der Waals surface area contributed by atoms with E-state index in [1.807, 2.05) is 0 Å². The summed E-state index contributed by atoms with van der Waals surface area (Å²) in [6.45, 7) is 0.726. The van der Waals surface area contributed by atoms with Crippen molar-refractivity contribution in [3.63, 3.8) is 0 Å². The third-order valence-corrected chi connectivity index (χ3v) is 11.9. The lowest BCUT2D eigenvalue weighted by molar-refractivity contribution is -0.121. The van der Waals surface area contributed by atoms with Gasteiger partial charge >= 0.3 is 0 Å². The Bertz CT molecular complexity index is 2990. The van der Waals surface area contributed by atoms with Crippen LogP contribution >= 0.6 is 0 Å². The molecular formula is C52H71N21O8. The quantitative estimate of drug-likeness (QED) is 0.0122. The molecular weight excluding hydrogens is 1050 g/mol. The van der Waals surface area contributed by atoms with Crippen molar-refractivity contribution in [3.05, 3.63) is 118 Å². The molecule has 0 bridgehead atoms. The number of hydrogen-bond donors (Lipinski definition) is 13. The average molecular weight is 1120 g/mol. The number of carbonyl (C=O) groups is 8. The molecule has 4 aromatic rings. The number of aliphatic imine (C=N–C) groups is 4. The highest BCUT2D eigenvalue weighted by Gasteiger charge is 2.27. The highest BCUT2D eigenvalue weighted by molar-refractivity contribution is 6.00. The van der Waals surface area contributed by atoms with Crippen LogP contribution in [-0.2, 0) is 44.9 Å². The summed E-state index contributed by atoms with van der Waals surface area (Å²) in [5.41, 5.74) is 55.6. The number of Topliss-reactive ketones (excluding diaryl/α,β-unsaturated/α-hetero) is 4. The zero-order chi connectivity index (χ0) is 59.4. The Hall–Kier alpha value is -9.80. The second-order valence-corrected chi connectivity index (χ2v) is 18.5. The lowest BCUT2D eigenvalue weighted by Crippen LogP contribution is -2.43. The molecule has 0 radical (unpaired) electrons. The van der Waals surface area contributed by atoms with Crippen LogP contribution < -0.4 is 73.3 Å². The number of rotatable bonds is 35. The average Bonchev–Trinajstić information content (AvgIpc) is 3.43. The predicted octanol–water partition coefficient (Wildman–Crippen LogP) is -3.25. The van der Waals surface area contributed by atoms with Crippen LogP contribution in [0, 0.1) is 0 Å². The number of primary amides is 1. The van der Waals surface area contributed by atoms with Gasteiger partial charge in [0.05, 0.1) is 49.9 Å². The van der Waals surface area contributed by atoms with Crippen LogP contribution in [0.5, 0.6) is 0 Å². The van der Waals surface area contributed by atoms with Crippen LogP contribution in [0.1, 0.15) is 116 Å². The van der Waals surface area contributed by atoms with Crippen LogP contribution in [0.25, 0.3) is 0 Å². The van der Waals surface area contributed by atoms with Gasteiger partial charge in [0, 0.05) is 49.0 Å². The molecule has 81 heavy (non-hydrogen) atoms. The zero-order valence-corrected chi connectivity index (χ0v) is 44.7. The van der Waals surface area contributed by atoms with Crippen molar-refractivity contribution in [3.8, 4) is 0 Å². The minimum Gasteiger partial charge on any atom is -0.370 e. The van der Waals surface area contributed by atoms with Gasteiger partial charge in [-0.3, -0.25) is 58.3 Å². The van der Waals surface area contributed by atoms with E-state index in [0.29, 0.717) is 25.8 Å². The SMILES string of the molecule is NC(=O)c1cccc(CC(=O)[C@@H](CCCN=C(N)N)NC(=O)c2cccc(CC(=O)[C@@H](CCCN=C(N)N)NC(=O)c3cccc(CC(=O)[C@@H](CCCN=C(N)N)NC(=O)c4cccc(CC(=O)[C@H](N)CCCN=C(N)N)n4)n3)n2)n1. The van der Waals surface area contributed by atoms with E-state index in [2.05, 4.69) is 55.9 Å². The first-order chi connectivity index (χ1) is 38.6. The molecule has 23 N–H and O–H groups in total. The molecule has 0 aliphatic rings. The third-order valence-electron chi connectivity index (χ3n) is 11.9. The van der Waals surface area contributed by atoms with E-state index in [-0.39, 0.29) is 153 Å². The summed E-state index contributed by atoms with van der Waals surface area (Å²) in [5.74, 6) is -5.30. The van der Waals surface area contributed by atoms with Crippen molar-refractivity contribution in [1.82, 2.24) is 35.9 Å². The highest BCUT2D eigenvalue weighted by atomic mass is 16.2. The van der Waals surface area contributed by atoms with Gasteiger partial charge in [-0.2, -0.15) is 0 Å².